The van der Waals surface area contributed by atoms with Gasteiger partial charge in [0.2, 0.25) is 5.60 Å². The Morgan fingerprint density at radius 1 is 1.10 bits per heavy atom. The lowest BCUT2D eigenvalue weighted by Crippen LogP contribution is -2.45. The largest absolute Gasteiger partial charge is 0.465 e. The van der Waals surface area contributed by atoms with E-state index >= 15 is 0 Å². The lowest BCUT2D eigenvalue weighted by Gasteiger charge is -2.32. The number of rotatable bonds is 5. The van der Waals surface area contributed by atoms with Crippen LogP contribution in [0.2, 0.25) is 0 Å². The number of hydrogen-bond acceptors (Lipinski definition) is 7. The highest BCUT2D eigenvalue weighted by atomic mass is 19.4. The normalized spacial score (nSPS) is 20.3. The summed E-state index contributed by atoms with van der Waals surface area (Å²) in [5, 5.41) is 18.3. The maximum Gasteiger partial charge on any atom is 0.426 e. The minimum atomic E-state index is -5.04. The molecule has 222 valence electrons. The molecule has 0 aliphatic carbocycles. The standard InChI is InChI=1S/C26H26F6N4O5/c1-39-18-11-7-2-3-8-12-24(26(30,31)32,40-14-15-9-5-4-6-10-15)22-36-35-21(41-22)20-17(33-23(37)38)13-16(19(18)34-20)25(27,28)29/h4-6,9-10,13,18,33H,2-3,7-8,11-12,14H2,1H3,(H,37,38). The van der Waals surface area contributed by atoms with Gasteiger partial charge in [-0.2, -0.15) is 26.3 Å². The van der Waals surface area contributed by atoms with Crippen molar-refractivity contribution in [1.82, 2.24) is 15.2 Å². The van der Waals surface area contributed by atoms with Crippen molar-refractivity contribution in [1.29, 1.82) is 0 Å². The molecule has 1 aliphatic rings. The predicted molar refractivity (Wildman–Crippen MR) is 131 cm³/mol. The number of benzene rings is 1. The highest BCUT2D eigenvalue weighted by Gasteiger charge is 2.61. The highest BCUT2D eigenvalue weighted by Crippen LogP contribution is 2.48. The molecule has 41 heavy (non-hydrogen) atoms. The van der Waals surface area contributed by atoms with Crippen molar-refractivity contribution in [3.05, 3.63) is 59.1 Å². The molecule has 2 atom stereocenters. The number of amides is 1. The van der Waals surface area contributed by atoms with Crippen LogP contribution >= 0.6 is 0 Å². The van der Waals surface area contributed by atoms with Crippen LogP contribution in [0.1, 0.15) is 67.3 Å². The Hall–Kier alpha value is -3.72. The van der Waals surface area contributed by atoms with Crippen molar-refractivity contribution in [2.45, 2.75) is 69.2 Å². The molecule has 1 aliphatic heterocycles. The van der Waals surface area contributed by atoms with E-state index in [1.54, 1.807) is 35.6 Å². The van der Waals surface area contributed by atoms with E-state index in [0.717, 1.165) is 0 Å². The maximum absolute atomic E-state index is 14.8. The number of carbonyl (C=O) groups is 1. The summed E-state index contributed by atoms with van der Waals surface area (Å²) >= 11 is 0. The first-order valence-corrected chi connectivity index (χ1v) is 12.6. The summed E-state index contributed by atoms with van der Waals surface area (Å²) in [6.07, 6.45) is -12.4. The molecule has 4 rings (SSSR count). The Morgan fingerprint density at radius 3 is 2.44 bits per heavy atom. The number of nitrogens with zero attached hydrogens (tertiary/aromatic N) is 3. The Morgan fingerprint density at radius 2 is 1.80 bits per heavy atom. The number of methoxy groups -OCH3 is 1. The number of hydrogen-bond donors (Lipinski definition) is 2. The summed E-state index contributed by atoms with van der Waals surface area (Å²) in [4.78, 5) is 15.4. The van der Waals surface area contributed by atoms with Gasteiger partial charge in [-0.3, -0.25) is 5.32 Å². The summed E-state index contributed by atoms with van der Waals surface area (Å²) in [5.74, 6) is -1.72. The van der Waals surface area contributed by atoms with Crippen LogP contribution in [-0.4, -0.2) is 39.7 Å². The second-order valence-corrected chi connectivity index (χ2v) is 9.43. The third-order valence-electron chi connectivity index (χ3n) is 6.69. The molecule has 0 fully saturated rings. The predicted octanol–water partition coefficient (Wildman–Crippen LogP) is 7.26. The summed E-state index contributed by atoms with van der Waals surface area (Å²) in [7, 11) is 1.20. The van der Waals surface area contributed by atoms with Gasteiger partial charge in [0.1, 0.15) is 0 Å². The zero-order valence-corrected chi connectivity index (χ0v) is 21.7. The number of pyridine rings is 1. The van der Waals surface area contributed by atoms with E-state index in [9.17, 15) is 36.2 Å². The summed E-state index contributed by atoms with van der Waals surface area (Å²) < 4.78 is 103. The van der Waals surface area contributed by atoms with Crippen LogP contribution in [0.25, 0.3) is 11.6 Å². The molecule has 3 aromatic rings. The SMILES string of the molecule is COC1CCCCCCC(OCc2ccccc2)(C(F)(F)F)c2nnc(o2)-c2nc1c(C(F)(F)F)cc2NC(=O)O. The molecule has 0 radical (unpaired) electrons. The second-order valence-electron chi connectivity index (χ2n) is 9.43. The van der Waals surface area contributed by atoms with Gasteiger partial charge in [0.25, 0.3) is 11.8 Å². The number of fused-ring (bicyclic) bond motifs is 5. The van der Waals surface area contributed by atoms with Crippen molar-refractivity contribution in [3.8, 4) is 11.6 Å². The number of anilines is 1. The fourth-order valence-electron chi connectivity index (χ4n) is 4.65. The minimum absolute atomic E-state index is 0.0207. The monoisotopic (exact) mass is 588 g/mol. The van der Waals surface area contributed by atoms with Crippen molar-refractivity contribution >= 4 is 11.8 Å². The van der Waals surface area contributed by atoms with E-state index in [4.69, 9.17) is 13.9 Å². The van der Waals surface area contributed by atoms with Crippen LogP contribution in [0.3, 0.4) is 0 Å². The fourth-order valence-corrected chi connectivity index (χ4v) is 4.65. The Kier molecular flexibility index (Phi) is 8.87. The van der Waals surface area contributed by atoms with Crippen molar-refractivity contribution in [3.63, 3.8) is 0 Å². The molecule has 15 heteroatoms. The third kappa shape index (κ3) is 6.62. The molecule has 9 nitrogen and oxygen atoms in total. The Bertz CT molecular complexity index is 1350. The molecule has 3 heterocycles. The van der Waals surface area contributed by atoms with Gasteiger partial charge < -0.3 is 19.0 Å². The molecule has 0 saturated heterocycles. The number of carboxylic acid groups (broad SMARTS) is 1. The first kappa shape index (κ1) is 30.2. The quantitative estimate of drug-likeness (QED) is 0.299. The van der Waals surface area contributed by atoms with Gasteiger partial charge in [-0.25, -0.2) is 9.78 Å². The fraction of sp³-hybridized carbons (Fsp3) is 0.462. The number of nitrogens with one attached hydrogen (secondary N) is 1. The average molecular weight is 589 g/mol. The smallest absolute Gasteiger partial charge is 0.426 e. The molecule has 0 spiro atoms. The summed E-state index contributed by atoms with van der Waals surface area (Å²) in [5.41, 5.74) is -5.78. The van der Waals surface area contributed by atoms with E-state index in [1.165, 1.54) is 7.11 Å². The molecule has 2 N–H and O–H groups in total. The molecule has 1 amide bonds. The number of ether oxygens (including phenoxy) is 2. The van der Waals surface area contributed by atoms with Gasteiger partial charge in [-0.1, -0.05) is 49.6 Å². The maximum atomic E-state index is 14.8. The van der Waals surface area contributed by atoms with Gasteiger partial charge in [-0.05, 0) is 30.9 Å². The van der Waals surface area contributed by atoms with Gasteiger partial charge in [-0.15, -0.1) is 10.2 Å². The summed E-state index contributed by atoms with van der Waals surface area (Å²) in [6.45, 7) is -0.456. The van der Waals surface area contributed by atoms with Crippen LogP contribution in [0, 0.1) is 0 Å². The van der Waals surface area contributed by atoms with Crippen LogP contribution in [-0.2, 0) is 27.9 Å². The van der Waals surface area contributed by atoms with Crippen LogP contribution in [0.5, 0.6) is 0 Å². The first-order chi connectivity index (χ1) is 19.4. The lowest BCUT2D eigenvalue weighted by molar-refractivity contribution is -0.300. The molecule has 0 saturated carbocycles. The van der Waals surface area contributed by atoms with E-state index < -0.39 is 77.6 Å². The number of aromatic nitrogens is 3. The van der Waals surface area contributed by atoms with Gasteiger partial charge in [0, 0.05) is 7.11 Å². The molecular weight excluding hydrogens is 562 g/mol. The first-order valence-electron chi connectivity index (χ1n) is 12.6. The Labute approximate surface area is 229 Å². The van der Waals surface area contributed by atoms with Crippen LogP contribution in [0.4, 0.5) is 36.8 Å². The van der Waals surface area contributed by atoms with Gasteiger partial charge >= 0.3 is 18.4 Å². The van der Waals surface area contributed by atoms with E-state index in [1.807, 2.05) is 0 Å². The van der Waals surface area contributed by atoms with E-state index in [-0.39, 0.29) is 12.8 Å². The summed E-state index contributed by atoms with van der Waals surface area (Å²) in [6, 6.07) is 8.60. The van der Waals surface area contributed by atoms with Gasteiger partial charge in [0.15, 0.2) is 5.69 Å². The average Bonchev–Trinajstić information content (AvgIpc) is 3.39. The molecule has 4 bridgehead atoms. The molecular formula is C26H26F6N4O5. The van der Waals surface area contributed by atoms with Crippen molar-refractivity contribution in [2.75, 3.05) is 12.4 Å². The Balaban J connectivity index is 1.91. The van der Waals surface area contributed by atoms with Crippen molar-refractivity contribution < 1.29 is 50.1 Å². The second kappa shape index (κ2) is 12.0. The van der Waals surface area contributed by atoms with Crippen molar-refractivity contribution in [2.24, 2.45) is 0 Å². The molecule has 2 aromatic heterocycles. The molecule has 1 aromatic carbocycles. The molecule has 2 unspecified atom stereocenters. The zero-order chi connectivity index (χ0) is 29.8. The van der Waals surface area contributed by atoms with E-state index in [2.05, 4.69) is 15.2 Å². The third-order valence-corrected chi connectivity index (χ3v) is 6.69. The van der Waals surface area contributed by atoms with Gasteiger partial charge in [0.05, 0.1) is 29.7 Å². The van der Waals surface area contributed by atoms with Crippen LogP contribution in [0.15, 0.2) is 40.8 Å². The number of alkyl halides is 6. The number of halogens is 6. The van der Waals surface area contributed by atoms with Crippen LogP contribution < -0.4 is 5.32 Å². The highest BCUT2D eigenvalue weighted by molar-refractivity contribution is 5.88. The van der Waals surface area contributed by atoms with E-state index in [0.29, 0.717) is 30.9 Å². The lowest BCUT2D eigenvalue weighted by atomic mass is 9.93. The minimum Gasteiger partial charge on any atom is -0.465 e. The zero-order valence-electron chi connectivity index (χ0n) is 21.7. The topological polar surface area (TPSA) is 120 Å².